The van der Waals surface area contributed by atoms with Gasteiger partial charge < -0.3 is 0 Å². The van der Waals surface area contributed by atoms with Crippen LogP contribution in [0.2, 0.25) is 0 Å². The Labute approximate surface area is 137 Å². The van der Waals surface area contributed by atoms with Crippen LogP contribution in [0.5, 0.6) is 0 Å². The molecule has 0 heterocycles. The van der Waals surface area contributed by atoms with E-state index in [0.29, 0.717) is 0 Å². The summed E-state index contributed by atoms with van der Waals surface area (Å²) in [4.78, 5) is 0. The SMILES string of the molecule is FC(F)(F)c1cc(C(F)(F)F)c(Pc2ccccc2)c(C(F)(F)F)c1. The molecule has 0 N–H and O–H groups in total. The van der Waals surface area contributed by atoms with Crippen molar-refractivity contribution >= 4 is 19.2 Å². The molecule has 0 amide bonds. The van der Waals surface area contributed by atoms with Crippen molar-refractivity contribution in [3.8, 4) is 0 Å². The van der Waals surface area contributed by atoms with Crippen LogP contribution in [0.3, 0.4) is 0 Å². The molecule has 1 unspecified atom stereocenters. The summed E-state index contributed by atoms with van der Waals surface area (Å²) < 4.78 is 117. The molecule has 0 aliphatic carbocycles. The highest BCUT2D eigenvalue weighted by atomic mass is 31.1. The van der Waals surface area contributed by atoms with Gasteiger partial charge in [0.05, 0.1) is 16.7 Å². The Morgan fingerprint density at radius 3 is 1.40 bits per heavy atom. The van der Waals surface area contributed by atoms with Gasteiger partial charge in [-0.05, 0) is 17.4 Å². The number of benzene rings is 2. The van der Waals surface area contributed by atoms with Crippen LogP contribution < -0.4 is 10.6 Å². The summed E-state index contributed by atoms with van der Waals surface area (Å²) >= 11 is 0. The first-order valence-corrected chi connectivity index (χ1v) is 7.52. The second-order valence-electron chi connectivity index (χ2n) is 4.93. The van der Waals surface area contributed by atoms with E-state index in [0.717, 1.165) is 0 Å². The van der Waals surface area contributed by atoms with Gasteiger partial charge in [0.25, 0.3) is 0 Å². The van der Waals surface area contributed by atoms with E-state index >= 15 is 0 Å². The Bertz CT molecular complexity index is 707. The Hall–Kier alpha value is -1.76. The second-order valence-corrected chi connectivity index (χ2v) is 6.26. The predicted octanol–water partition coefficient (Wildman–Crippen LogP) is 5.37. The van der Waals surface area contributed by atoms with Gasteiger partial charge in [-0.1, -0.05) is 38.9 Å². The van der Waals surface area contributed by atoms with Gasteiger partial charge >= 0.3 is 18.5 Å². The fraction of sp³-hybridized carbons (Fsp3) is 0.200. The number of halogens is 9. The van der Waals surface area contributed by atoms with Crippen LogP contribution in [0, 0.1) is 0 Å². The van der Waals surface area contributed by atoms with Gasteiger partial charge in [0, 0.05) is 5.30 Å². The van der Waals surface area contributed by atoms with Crippen molar-refractivity contribution in [1.82, 2.24) is 0 Å². The van der Waals surface area contributed by atoms with Crippen molar-refractivity contribution in [3.63, 3.8) is 0 Å². The molecule has 0 bridgehead atoms. The molecule has 0 spiro atoms. The van der Waals surface area contributed by atoms with Gasteiger partial charge in [0.1, 0.15) is 0 Å². The van der Waals surface area contributed by atoms with E-state index in [2.05, 4.69) is 0 Å². The standard InChI is InChI=1S/C15H8F9P/c16-13(17,18)8-6-10(14(19,20)21)12(11(7-8)15(22,23)24)25-9-4-2-1-3-5-9/h1-7,25H. The van der Waals surface area contributed by atoms with E-state index in [9.17, 15) is 39.5 Å². The number of hydrogen-bond donors (Lipinski definition) is 0. The second kappa shape index (κ2) is 6.52. The van der Waals surface area contributed by atoms with E-state index in [4.69, 9.17) is 0 Å². The zero-order valence-corrected chi connectivity index (χ0v) is 12.9. The first-order chi connectivity index (χ1) is 11.3. The molecular formula is C15H8F9P. The lowest BCUT2D eigenvalue weighted by Gasteiger charge is -2.21. The molecule has 1 atom stereocenters. The van der Waals surface area contributed by atoms with E-state index < -0.39 is 49.1 Å². The van der Waals surface area contributed by atoms with Gasteiger partial charge in [0.15, 0.2) is 0 Å². The maximum Gasteiger partial charge on any atom is 0.417 e. The molecule has 2 aromatic carbocycles. The minimum atomic E-state index is -5.36. The van der Waals surface area contributed by atoms with Crippen molar-refractivity contribution in [2.45, 2.75) is 18.5 Å². The molecule has 0 nitrogen and oxygen atoms in total. The van der Waals surface area contributed by atoms with Crippen LogP contribution in [0.15, 0.2) is 42.5 Å². The summed E-state index contributed by atoms with van der Waals surface area (Å²) in [5.74, 6) is 0. The van der Waals surface area contributed by atoms with Crippen LogP contribution in [-0.2, 0) is 18.5 Å². The third-order valence-electron chi connectivity index (χ3n) is 3.12. The summed E-state index contributed by atoms with van der Waals surface area (Å²) in [6.45, 7) is 0. The highest BCUT2D eigenvalue weighted by Crippen LogP contribution is 2.41. The van der Waals surface area contributed by atoms with Gasteiger partial charge in [-0.2, -0.15) is 39.5 Å². The third kappa shape index (κ3) is 4.66. The van der Waals surface area contributed by atoms with Gasteiger partial charge in [-0.25, -0.2) is 0 Å². The number of rotatable bonds is 2. The first kappa shape index (κ1) is 19.6. The summed E-state index contributed by atoms with van der Waals surface area (Å²) in [5.41, 5.74) is -5.86. The average Bonchev–Trinajstić information content (AvgIpc) is 2.45. The Balaban J connectivity index is 2.77. The Morgan fingerprint density at radius 1 is 0.600 bits per heavy atom. The lowest BCUT2D eigenvalue weighted by Crippen LogP contribution is -2.27. The quantitative estimate of drug-likeness (QED) is 0.478. The molecule has 0 aliphatic heterocycles. The van der Waals surface area contributed by atoms with E-state index in [-0.39, 0.29) is 17.4 Å². The van der Waals surface area contributed by atoms with Crippen molar-refractivity contribution in [2.75, 3.05) is 0 Å². The van der Waals surface area contributed by atoms with Crippen LogP contribution >= 0.6 is 8.58 Å². The molecule has 136 valence electrons. The maximum absolute atomic E-state index is 13.2. The molecule has 0 aromatic heterocycles. The molecular weight excluding hydrogens is 382 g/mol. The van der Waals surface area contributed by atoms with Gasteiger partial charge in [0.2, 0.25) is 0 Å². The molecule has 0 fully saturated rings. The lowest BCUT2D eigenvalue weighted by atomic mass is 10.0. The molecule has 10 heteroatoms. The zero-order valence-electron chi connectivity index (χ0n) is 11.9. The molecule has 2 rings (SSSR count). The van der Waals surface area contributed by atoms with Crippen LogP contribution in [0.25, 0.3) is 0 Å². The van der Waals surface area contributed by atoms with Crippen molar-refractivity contribution < 1.29 is 39.5 Å². The molecule has 0 aliphatic rings. The minimum Gasteiger partial charge on any atom is -0.166 e. The minimum absolute atomic E-state index is 0.137. The topological polar surface area (TPSA) is 0 Å². The molecule has 0 saturated carbocycles. The number of hydrogen-bond acceptors (Lipinski definition) is 0. The van der Waals surface area contributed by atoms with Crippen molar-refractivity contribution in [3.05, 3.63) is 59.2 Å². The molecule has 25 heavy (non-hydrogen) atoms. The van der Waals surface area contributed by atoms with Crippen LogP contribution in [0.1, 0.15) is 16.7 Å². The highest BCUT2D eigenvalue weighted by Gasteiger charge is 2.44. The first-order valence-electron chi connectivity index (χ1n) is 6.52. The van der Waals surface area contributed by atoms with Crippen molar-refractivity contribution in [1.29, 1.82) is 0 Å². The van der Waals surface area contributed by atoms with Gasteiger partial charge in [-0.3, -0.25) is 0 Å². The Morgan fingerprint density at radius 2 is 1.04 bits per heavy atom. The Kier molecular flexibility index (Phi) is 5.10. The monoisotopic (exact) mass is 390 g/mol. The predicted molar refractivity (Wildman–Crippen MR) is 75.5 cm³/mol. The van der Waals surface area contributed by atoms with E-state index in [1.807, 2.05) is 0 Å². The van der Waals surface area contributed by atoms with Crippen molar-refractivity contribution in [2.24, 2.45) is 0 Å². The molecule has 0 radical (unpaired) electrons. The smallest absolute Gasteiger partial charge is 0.166 e. The van der Waals surface area contributed by atoms with Gasteiger partial charge in [-0.15, -0.1) is 0 Å². The number of alkyl halides is 9. The van der Waals surface area contributed by atoms with Crippen LogP contribution in [0.4, 0.5) is 39.5 Å². The summed E-state index contributed by atoms with van der Waals surface area (Å²) in [7, 11) is -1.11. The third-order valence-corrected chi connectivity index (χ3v) is 4.53. The molecule has 0 saturated heterocycles. The van der Waals surface area contributed by atoms with Crippen LogP contribution in [-0.4, -0.2) is 0 Å². The van der Waals surface area contributed by atoms with E-state index in [1.165, 1.54) is 30.3 Å². The lowest BCUT2D eigenvalue weighted by molar-refractivity contribution is -0.147. The molecule has 2 aromatic rings. The highest BCUT2D eigenvalue weighted by molar-refractivity contribution is 7.55. The summed E-state index contributed by atoms with van der Waals surface area (Å²) in [6.07, 6.45) is -16.1. The summed E-state index contributed by atoms with van der Waals surface area (Å²) in [6, 6.07) is 6.38. The largest absolute Gasteiger partial charge is 0.417 e. The maximum atomic E-state index is 13.2. The summed E-state index contributed by atoms with van der Waals surface area (Å²) in [5, 5.41) is -1.07. The zero-order chi connectivity index (χ0) is 19.0. The fourth-order valence-electron chi connectivity index (χ4n) is 2.05. The van der Waals surface area contributed by atoms with E-state index in [1.54, 1.807) is 0 Å². The fourth-order valence-corrected chi connectivity index (χ4v) is 3.40. The normalized spacial score (nSPS) is 13.6. The average molecular weight is 390 g/mol.